The molecule has 0 atom stereocenters. The molecule has 0 bridgehead atoms. The summed E-state index contributed by atoms with van der Waals surface area (Å²) in [5.41, 5.74) is 8.07. The van der Waals surface area contributed by atoms with Gasteiger partial charge in [0.05, 0.1) is 0 Å². The smallest absolute Gasteiger partial charge is 0.254 e. The van der Waals surface area contributed by atoms with Crippen LogP contribution in [0.1, 0.15) is 42.6 Å². The number of nitrogens with two attached hydrogens (primary N) is 1. The SMILES string of the molecule is CCC(CC)N(C)C(=O)c1ccc(N)cc1C. The third-order valence-electron chi connectivity index (χ3n) is 3.29. The summed E-state index contributed by atoms with van der Waals surface area (Å²) in [6.07, 6.45) is 1.96. The van der Waals surface area contributed by atoms with Gasteiger partial charge in [-0.25, -0.2) is 0 Å². The van der Waals surface area contributed by atoms with E-state index in [0.29, 0.717) is 11.7 Å². The number of benzene rings is 1. The molecule has 0 aliphatic carbocycles. The summed E-state index contributed by atoms with van der Waals surface area (Å²) in [6, 6.07) is 5.74. The van der Waals surface area contributed by atoms with E-state index in [-0.39, 0.29) is 5.91 Å². The van der Waals surface area contributed by atoms with Gasteiger partial charge in [0, 0.05) is 24.3 Å². The lowest BCUT2D eigenvalue weighted by atomic mass is 10.0. The summed E-state index contributed by atoms with van der Waals surface area (Å²) in [7, 11) is 1.87. The van der Waals surface area contributed by atoms with E-state index in [1.807, 2.05) is 31.0 Å². The Labute approximate surface area is 104 Å². The number of hydrogen-bond donors (Lipinski definition) is 1. The molecule has 17 heavy (non-hydrogen) atoms. The van der Waals surface area contributed by atoms with E-state index in [0.717, 1.165) is 24.0 Å². The number of amides is 1. The van der Waals surface area contributed by atoms with Crippen molar-refractivity contribution in [2.24, 2.45) is 0 Å². The van der Waals surface area contributed by atoms with E-state index in [4.69, 9.17) is 5.73 Å². The van der Waals surface area contributed by atoms with Gasteiger partial charge >= 0.3 is 0 Å². The number of carbonyl (C=O) groups is 1. The molecule has 0 radical (unpaired) electrons. The second-order valence-corrected chi connectivity index (χ2v) is 4.46. The fourth-order valence-corrected chi connectivity index (χ4v) is 2.12. The second kappa shape index (κ2) is 5.71. The first kappa shape index (κ1) is 13.6. The van der Waals surface area contributed by atoms with E-state index in [1.54, 1.807) is 6.07 Å². The van der Waals surface area contributed by atoms with Crippen LogP contribution in [-0.2, 0) is 0 Å². The Morgan fingerprint density at radius 2 is 1.94 bits per heavy atom. The number of anilines is 1. The van der Waals surface area contributed by atoms with Crippen molar-refractivity contribution in [3.8, 4) is 0 Å². The van der Waals surface area contributed by atoms with Gasteiger partial charge in [0.2, 0.25) is 0 Å². The van der Waals surface area contributed by atoms with Crippen molar-refractivity contribution in [3.63, 3.8) is 0 Å². The highest BCUT2D eigenvalue weighted by atomic mass is 16.2. The van der Waals surface area contributed by atoms with Crippen LogP contribution in [-0.4, -0.2) is 23.9 Å². The van der Waals surface area contributed by atoms with Crippen LogP contribution < -0.4 is 5.73 Å². The minimum atomic E-state index is 0.0798. The molecular weight excluding hydrogens is 212 g/mol. The average Bonchev–Trinajstić information content (AvgIpc) is 2.29. The van der Waals surface area contributed by atoms with Gasteiger partial charge in [0.1, 0.15) is 0 Å². The maximum Gasteiger partial charge on any atom is 0.254 e. The van der Waals surface area contributed by atoms with Gasteiger partial charge in [-0.1, -0.05) is 13.8 Å². The molecule has 94 valence electrons. The molecule has 1 aromatic carbocycles. The molecule has 1 amide bonds. The van der Waals surface area contributed by atoms with Crippen LogP contribution >= 0.6 is 0 Å². The monoisotopic (exact) mass is 234 g/mol. The van der Waals surface area contributed by atoms with Crippen molar-refractivity contribution >= 4 is 11.6 Å². The van der Waals surface area contributed by atoms with Crippen molar-refractivity contribution in [2.45, 2.75) is 39.7 Å². The Balaban J connectivity index is 2.96. The summed E-state index contributed by atoms with van der Waals surface area (Å²) >= 11 is 0. The van der Waals surface area contributed by atoms with Crippen molar-refractivity contribution in [3.05, 3.63) is 29.3 Å². The molecule has 0 heterocycles. The van der Waals surface area contributed by atoms with E-state index in [9.17, 15) is 4.79 Å². The van der Waals surface area contributed by atoms with Gasteiger partial charge in [0.25, 0.3) is 5.91 Å². The number of hydrogen-bond acceptors (Lipinski definition) is 2. The lowest BCUT2D eigenvalue weighted by Gasteiger charge is -2.27. The largest absolute Gasteiger partial charge is 0.399 e. The van der Waals surface area contributed by atoms with Gasteiger partial charge < -0.3 is 10.6 Å². The highest BCUT2D eigenvalue weighted by Crippen LogP contribution is 2.17. The number of aryl methyl sites for hydroxylation is 1. The predicted molar refractivity (Wildman–Crippen MR) is 72.1 cm³/mol. The molecule has 1 aromatic rings. The fraction of sp³-hybridized carbons (Fsp3) is 0.500. The first-order valence-electron chi connectivity index (χ1n) is 6.14. The van der Waals surface area contributed by atoms with Crippen LogP contribution in [0.15, 0.2) is 18.2 Å². The molecule has 0 aliphatic rings. The molecule has 0 fully saturated rings. The van der Waals surface area contributed by atoms with Crippen LogP contribution in [0.25, 0.3) is 0 Å². The molecule has 0 spiro atoms. The molecule has 3 nitrogen and oxygen atoms in total. The van der Waals surface area contributed by atoms with E-state index < -0.39 is 0 Å². The third kappa shape index (κ3) is 2.99. The highest BCUT2D eigenvalue weighted by Gasteiger charge is 2.19. The zero-order chi connectivity index (χ0) is 13.0. The molecular formula is C14H22N2O. The van der Waals surface area contributed by atoms with E-state index in [2.05, 4.69) is 13.8 Å². The van der Waals surface area contributed by atoms with Crippen LogP contribution in [0.5, 0.6) is 0 Å². The predicted octanol–water partition coefficient (Wildman–Crippen LogP) is 2.84. The van der Waals surface area contributed by atoms with Crippen LogP contribution in [0.2, 0.25) is 0 Å². The number of rotatable bonds is 4. The van der Waals surface area contributed by atoms with Gasteiger partial charge in [-0.2, -0.15) is 0 Å². The van der Waals surface area contributed by atoms with Crippen molar-refractivity contribution in [2.75, 3.05) is 12.8 Å². The Morgan fingerprint density at radius 3 is 2.41 bits per heavy atom. The first-order chi connectivity index (χ1) is 8.01. The number of carbonyl (C=O) groups excluding carboxylic acids is 1. The number of nitrogens with zero attached hydrogens (tertiary/aromatic N) is 1. The molecule has 3 heteroatoms. The quantitative estimate of drug-likeness (QED) is 0.814. The summed E-state index contributed by atoms with van der Waals surface area (Å²) in [4.78, 5) is 14.2. The van der Waals surface area contributed by atoms with Gasteiger partial charge in [-0.05, 0) is 43.5 Å². The topological polar surface area (TPSA) is 46.3 Å². The average molecular weight is 234 g/mol. The zero-order valence-corrected chi connectivity index (χ0v) is 11.2. The lowest BCUT2D eigenvalue weighted by Crippen LogP contribution is -2.36. The van der Waals surface area contributed by atoms with Crippen LogP contribution in [0, 0.1) is 6.92 Å². The minimum absolute atomic E-state index is 0.0798. The molecule has 0 saturated heterocycles. The summed E-state index contributed by atoms with van der Waals surface area (Å²) in [5, 5.41) is 0. The Kier molecular flexibility index (Phi) is 4.55. The standard InChI is InChI=1S/C14H22N2O/c1-5-12(6-2)16(4)14(17)13-8-7-11(15)9-10(13)3/h7-9,12H,5-6,15H2,1-4H3. The summed E-state index contributed by atoms with van der Waals surface area (Å²) in [6.45, 7) is 6.13. The Hall–Kier alpha value is -1.51. The van der Waals surface area contributed by atoms with Gasteiger partial charge in [-0.3, -0.25) is 4.79 Å². The third-order valence-corrected chi connectivity index (χ3v) is 3.29. The maximum atomic E-state index is 12.3. The normalized spacial score (nSPS) is 10.6. The Morgan fingerprint density at radius 1 is 1.35 bits per heavy atom. The molecule has 0 aliphatic heterocycles. The van der Waals surface area contributed by atoms with Crippen molar-refractivity contribution in [1.82, 2.24) is 4.90 Å². The van der Waals surface area contributed by atoms with Gasteiger partial charge in [-0.15, -0.1) is 0 Å². The number of nitrogen functional groups attached to an aromatic ring is 1. The second-order valence-electron chi connectivity index (χ2n) is 4.46. The highest BCUT2D eigenvalue weighted by molar-refractivity contribution is 5.96. The molecule has 0 aromatic heterocycles. The zero-order valence-electron chi connectivity index (χ0n) is 11.2. The fourth-order valence-electron chi connectivity index (χ4n) is 2.12. The first-order valence-corrected chi connectivity index (χ1v) is 6.14. The Bertz CT molecular complexity index is 397. The van der Waals surface area contributed by atoms with E-state index in [1.165, 1.54) is 0 Å². The van der Waals surface area contributed by atoms with Crippen LogP contribution in [0.4, 0.5) is 5.69 Å². The maximum absolute atomic E-state index is 12.3. The summed E-state index contributed by atoms with van der Waals surface area (Å²) < 4.78 is 0. The molecule has 0 saturated carbocycles. The van der Waals surface area contributed by atoms with Crippen molar-refractivity contribution < 1.29 is 4.79 Å². The molecule has 1 rings (SSSR count). The van der Waals surface area contributed by atoms with E-state index >= 15 is 0 Å². The van der Waals surface area contributed by atoms with Gasteiger partial charge in [0.15, 0.2) is 0 Å². The summed E-state index contributed by atoms with van der Waals surface area (Å²) in [5.74, 6) is 0.0798. The minimum Gasteiger partial charge on any atom is -0.399 e. The van der Waals surface area contributed by atoms with Crippen molar-refractivity contribution in [1.29, 1.82) is 0 Å². The lowest BCUT2D eigenvalue weighted by molar-refractivity contribution is 0.0723. The van der Waals surface area contributed by atoms with Crippen LogP contribution in [0.3, 0.4) is 0 Å². The molecule has 0 unspecified atom stereocenters. The molecule has 2 N–H and O–H groups in total.